The molecule has 1 saturated heterocycles. The highest BCUT2D eigenvalue weighted by molar-refractivity contribution is 9.10. The van der Waals surface area contributed by atoms with Crippen molar-refractivity contribution in [3.63, 3.8) is 0 Å². The Morgan fingerprint density at radius 3 is 2.30 bits per heavy atom. The lowest BCUT2D eigenvalue weighted by Gasteiger charge is -2.34. The van der Waals surface area contributed by atoms with Crippen molar-refractivity contribution in [3.05, 3.63) is 87.1 Å². The first-order valence-corrected chi connectivity index (χ1v) is 11.1. The quantitative estimate of drug-likeness (QED) is 0.563. The Balaban J connectivity index is 1.38. The van der Waals surface area contributed by atoms with Gasteiger partial charge in [-0.1, -0.05) is 42.5 Å². The van der Waals surface area contributed by atoms with E-state index in [1.807, 2.05) is 47.7 Å². The Bertz CT molecular complexity index is 1020. The summed E-state index contributed by atoms with van der Waals surface area (Å²) in [5, 5.41) is 4.58. The summed E-state index contributed by atoms with van der Waals surface area (Å²) in [6, 6.07) is 18.5. The summed E-state index contributed by atoms with van der Waals surface area (Å²) in [5.41, 5.74) is 5.24. The number of carbonyl (C=O) groups is 1. The number of piperazine rings is 1. The van der Waals surface area contributed by atoms with Crippen molar-refractivity contribution in [1.29, 1.82) is 0 Å². The molecule has 1 fully saturated rings. The average molecular weight is 467 g/mol. The van der Waals surface area contributed by atoms with E-state index in [0.29, 0.717) is 6.54 Å². The highest BCUT2D eigenvalue weighted by Crippen LogP contribution is 2.21. The second-order valence-electron chi connectivity index (χ2n) is 7.90. The van der Waals surface area contributed by atoms with Crippen molar-refractivity contribution in [2.75, 3.05) is 26.2 Å². The minimum absolute atomic E-state index is 0.116. The maximum absolute atomic E-state index is 13.1. The van der Waals surface area contributed by atoms with Gasteiger partial charge in [-0.05, 0) is 53.0 Å². The molecule has 1 amide bonds. The van der Waals surface area contributed by atoms with Gasteiger partial charge in [-0.3, -0.25) is 14.4 Å². The third-order valence-electron chi connectivity index (χ3n) is 5.71. The predicted octanol–water partition coefficient (Wildman–Crippen LogP) is 4.27. The van der Waals surface area contributed by atoms with Gasteiger partial charge in [0, 0.05) is 38.3 Å². The zero-order chi connectivity index (χ0) is 21.1. The minimum Gasteiger partial charge on any atom is -0.336 e. The third kappa shape index (κ3) is 4.65. The summed E-state index contributed by atoms with van der Waals surface area (Å²) in [6.07, 6.45) is 0. The van der Waals surface area contributed by atoms with Gasteiger partial charge in [-0.25, -0.2) is 0 Å². The molecule has 0 aliphatic carbocycles. The number of hydrogen-bond donors (Lipinski definition) is 0. The maximum Gasteiger partial charge on any atom is 0.253 e. The van der Waals surface area contributed by atoms with E-state index in [1.165, 1.54) is 5.56 Å². The topological polar surface area (TPSA) is 41.4 Å². The molecule has 0 saturated carbocycles. The van der Waals surface area contributed by atoms with Crippen molar-refractivity contribution < 1.29 is 4.79 Å². The van der Waals surface area contributed by atoms with Crippen LogP contribution in [0.2, 0.25) is 0 Å². The molecule has 1 aliphatic heterocycles. The predicted molar refractivity (Wildman–Crippen MR) is 123 cm³/mol. The van der Waals surface area contributed by atoms with Crippen LogP contribution in [0.25, 0.3) is 0 Å². The smallest absolute Gasteiger partial charge is 0.253 e. The number of benzene rings is 2. The Labute approximate surface area is 186 Å². The van der Waals surface area contributed by atoms with E-state index >= 15 is 0 Å². The molecule has 3 aromatic rings. The standard InChI is InChI=1S/C24H27BrN4O/c1-18-23(25)19(2)29(26-18)17-21-9-6-10-22(15-21)24(30)28-13-11-27(12-14-28)16-20-7-4-3-5-8-20/h3-10,15H,11-14,16-17H2,1-2H3. The van der Waals surface area contributed by atoms with Crippen LogP contribution in [0.15, 0.2) is 59.1 Å². The number of carbonyl (C=O) groups excluding carboxylic acids is 1. The Hall–Kier alpha value is -2.44. The van der Waals surface area contributed by atoms with Crippen LogP contribution in [0.4, 0.5) is 0 Å². The lowest BCUT2D eigenvalue weighted by Crippen LogP contribution is -2.48. The second kappa shape index (κ2) is 9.14. The average Bonchev–Trinajstić information content (AvgIpc) is 3.01. The van der Waals surface area contributed by atoms with Crippen LogP contribution in [0.5, 0.6) is 0 Å². The monoisotopic (exact) mass is 466 g/mol. The zero-order valence-electron chi connectivity index (χ0n) is 17.5. The highest BCUT2D eigenvalue weighted by Gasteiger charge is 2.22. The summed E-state index contributed by atoms with van der Waals surface area (Å²) < 4.78 is 3.02. The van der Waals surface area contributed by atoms with Gasteiger partial charge in [0.05, 0.1) is 22.4 Å². The lowest BCUT2D eigenvalue weighted by molar-refractivity contribution is 0.0628. The molecule has 0 spiro atoms. The zero-order valence-corrected chi connectivity index (χ0v) is 19.1. The van der Waals surface area contributed by atoms with E-state index in [1.54, 1.807) is 0 Å². The van der Waals surface area contributed by atoms with E-state index in [4.69, 9.17) is 0 Å². The van der Waals surface area contributed by atoms with Gasteiger partial charge in [-0.2, -0.15) is 5.10 Å². The molecule has 0 radical (unpaired) electrons. The summed E-state index contributed by atoms with van der Waals surface area (Å²) in [7, 11) is 0. The minimum atomic E-state index is 0.116. The van der Waals surface area contributed by atoms with Gasteiger partial charge in [0.2, 0.25) is 0 Å². The van der Waals surface area contributed by atoms with Crippen molar-refractivity contribution in [2.45, 2.75) is 26.9 Å². The van der Waals surface area contributed by atoms with Gasteiger partial charge in [0.1, 0.15) is 0 Å². The fourth-order valence-electron chi connectivity index (χ4n) is 3.94. The second-order valence-corrected chi connectivity index (χ2v) is 8.69. The molecule has 0 N–H and O–H groups in total. The number of aromatic nitrogens is 2. The molecule has 0 unspecified atom stereocenters. The molecule has 1 aliphatic rings. The number of nitrogens with zero attached hydrogens (tertiary/aromatic N) is 4. The van der Waals surface area contributed by atoms with Crippen LogP contribution < -0.4 is 0 Å². The molecule has 0 bridgehead atoms. The Morgan fingerprint density at radius 1 is 0.933 bits per heavy atom. The van der Waals surface area contributed by atoms with Crippen molar-refractivity contribution in [3.8, 4) is 0 Å². The normalized spacial score (nSPS) is 14.8. The van der Waals surface area contributed by atoms with Crippen LogP contribution in [0, 0.1) is 13.8 Å². The highest BCUT2D eigenvalue weighted by atomic mass is 79.9. The third-order valence-corrected chi connectivity index (χ3v) is 6.86. The summed E-state index contributed by atoms with van der Waals surface area (Å²) in [4.78, 5) is 17.5. The number of rotatable bonds is 5. The van der Waals surface area contributed by atoms with Crippen molar-refractivity contribution in [1.82, 2.24) is 19.6 Å². The number of halogens is 1. The molecular weight excluding hydrogens is 440 g/mol. The molecule has 6 heteroatoms. The molecular formula is C24H27BrN4O. The Morgan fingerprint density at radius 2 is 1.63 bits per heavy atom. The maximum atomic E-state index is 13.1. The largest absolute Gasteiger partial charge is 0.336 e. The molecule has 1 aromatic heterocycles. The van der Waals surface area contributed by atoms with E-state index < -0.39 is 0 Å². The van der Waals surface area contributed by atoms with Gasteiger partial charge in [0.25, 0.3) is 5.91 Å². The molecule has 156 valence electrons. The molecule has 2 heterocycles. The van der Waals surface area contributed by atoms with Crippen molar-refractivity contribution >= 4 is 21.8 Å². The number of hydrogen-bond acceptors (Lipinski definition) is 3. The fraction of sp³-hybridized carbons (Fsp3) is 0.333. The number of amides is 1. The van der Waals surface area contributed by atoms with Crippen LogP contribution in [-0.4, -0.2) is 51.7 Å². The van der Waals surface area contributed by atoms with Crippen LogP contribution in [0.3, 0.4) is 0 Å². The Kier molecular flexibility index (Phi) is 6.35. The molecule has 0 atom stereocenters. The summed E-state index contributed by atoms with van der Waals surface area (Å²) >= 11 is 3.58. The van der Waals surface area contributed by atoms with Crippen molar-refractivity contribution in [2.24, 2.45) is 0 Å². The van der Waals surface area contributed by atoms with E-state index in [-0.39, 0.29) is 5.91 Å². The van der Waals surface area contributed by atoms with Gasteiger partial charge in [-0.15, -0.1) is 0 Å². The molecule has 4 rings (SSSR count). The lowest BCUT2D eigenvalue weighted by atomic mass is 10.1. The van der Waals surface area contributed by atoms with Crippen LogP contribution in [-0.2, 0) is 13.1 Å². The molecule has 5 nitrogen and oxygen atoms in total. The van der Waals surface area contributed by atoms with E-state index in [2.05, 4.69) is 56.3 Å². The summed E-state index contributed by atoms with van der Waals surface area (Å²) in [6.45, 7) is 8.97. The van der Waals surface area contributed by atoms with E-state index in [9.17, 15) is 4.79 Å². The van der Waals surface area contributed by atoms with E-state index in [0.717, 1.165) is 59.7 Å². The number of aryl methyl sites for hydroxylation is 1. The van der Waals surface area contributed by atoms with Gasteiger partial charge < -0.3 is 4.90 Å². The van der Waals surface area contributed by atoms with Gasteiger partial charge in [0.15, 0.2) is 0 Å². The first kappa shape index (κ1) is 20.8. The van der Waals surface area contributed by atoms with Crippen LogP contribution in [0.1, 0.15) is 32.9 Å². The molecule has 30 heavy (non-hydrogen) atoms. The van der Waals surface area contributed by atoms with Gasteiger partial charge >= 0.3 is 0 Å². The first-order valence-electron chi connectivity index (χ1n) is 10.4. The molecule has 2 aromatic carbocycles. The first-order chi connectivity index (χ1) is 14.5. The SMILES string of the molecule is Cc1nn(Cc2cccc(C(=O)N3CCN(Cc4ccccc4)CC3)c2)c(C)c1Br. The fourth-order valence-corrected chi connectivity index (χ4v) is 4.22. The summed E-state index contributed by atoms with van der Waals surface area (Å²) in [5.74, 6) is 0.116. The van der Waals surface area contributed by atoms with Crippen LogP contribution >= 0.6 is 15.9 Å².